The first-order chi connectivity index (χ1) is 15.2. The van der Waals surface area contributed by atoms with Crippen LogP contribution in [0.15, 0.2) is 49.0 Å². The SMILES string of the molecule is C=C(O)c1cc(OC)ccc1NC(=O)N1C[C@H]2CC(c3ccccc3C(F)(F)F)C[C@H]2C1. The number of nitrogens with zero attached hydrogens (tertiary/aromatic N) is 1. The van der Waals surface area contributed by atoms with Crippen molar-refractivity contribution in [1.29, 1.82) is 0 Å². The standard InChI is InChI=1S/C24H25F3N2O3/c1-14(30)20-11-18(32-2)7-8-22(20)28-23(31)29-12-16-9-15(10-17(16)13-29)19-5-3-4-6-21(19)24(25,26)27/h3-8,11,15-17,30H,1,9-10,12-13H2,2H3,(H,28,31)/t15?,16-,17+. The summed E-state index contributed by atoms with van der Waals surface area (Å²) in [6.45, 7) is 4.51. The highest BCUT2D eigenvalue weighted by atomic mass is 19.4. The summed E-state index contributed by atoms with van der Waals surface area (Å²) in [6, 6.07) is 10.4. The van der Waals surface area contributed by atoms with Gasteiger partial charge in [0, 0.05) is 18.7 Å². The Morgan fingerprint density at radius 1 is 1.16 bits per heavy atom. The van der Waals surface area contributed by atoms with Gasteiger partial charge in [-0.3, -0.25) is 0 Å². The van der Waals surface area contributed by atoms with Gasteiger partial charge in [0.05, 0.1) is 18.4 Å². The summed E-state index contributed by atoms with van der Waals surface area (Å²) in [6.07, 6.45) is -3.11. The van der Waals surface area contributed by atoms with E-state index in [4.69, 9.17) is 4.74 Å². The maximum atomic E-state index is 13.4. The van der Waals surface area contributed by atoms with Crippen molar-refractivity contribution in [3.05, 3.63) is 65.7 Å². The van der Waals surface area contributed by atoms with Crippen molar-refractivity contribution in [2.45, 2.75) is 24.9 Å². The number of fused-ring (bicyclic) bond motifs is 1. The van der Waals surface area contributed by atoms with E-state index in [1.165, 1.54) is 13.2 Å². The topological polar surface area (TPSA) is 61.8 Å². The van der Waals surface area contributed by atoms with Crippen molar-refractivity contribution in [3.63, 3.8) is 0 Å². The Morgan fingerprint density at radius 3 is 2.41 bits per heavy atom. The predicted molar refractivity (Wildman–Crippen MR) is 116 cm³/mol. The van der Waals surface area contributed by atoms with Gasteiger partial charge in [0.2, 0.25) is 0 Å². The van der Waals surface area contributed by atoms with Crippen LogP contribution in [0.2, 0.25) is 0 Å². The zero-order valence-corrected chi connectivity index (χ0v) is 17.7. The lowest BCUT2D eigenvalue weighted by atomic mass is 9.91. The zero-order chi connectivity index (χ0) is 23.0. The molecule has 0 radical (unpaired) electrons. The fourth-order valence-corrected chi connectivity index (χ4v) is 5.02. The second-order valence-corrected chi connectivity index (χ2v) is 8.47. The molecule has 2 aliphatic rings. The first kappa shape index (κ1) is 22.0. The monoisotopic (exact) mass is 446 g/mol. The fourth-order valence-electron chi connectivity index (χ4n) is 5.02. The minimum absolute atomic E-state index is 0.154. The number of aliphatic hydroxyl groups is 1. The number of rotatable bonds is 4. The molecule has 3 atom stereocenters. The summed E-state index contributed by atoms with van der Waals surface area (Å²) < 4.78 is 45.4. The summed E-state index contributed by atoms with van der Waals surface area (Å²) in [5.41, 5.74) is 0.573. The number of carbonyl (C=O) groups excluding carboxylic acids is 1. The Hall–Kier alpha value is -3.16. The summed E-state index contributed by atoms with van der Waals surface area (Å²) in [4.78, 5) is 14.5. The molecule has 2 fully saturated rings. The lowest BCUT2D eigenvalue weighted by molar-refractivity contribution is -0.138. The molecule has 1 unspecified atom stereocenters. The van der Waals surface area contributed by atoms with Crippen LogP contribution in [-0.4, -0.2) is 36.2 Å². The van der Waals surface area contributed by atoms with Gasteiger partial charge in [0.25, 0.3) is 0 Å². The molecule has 8 heteroatoms. The van der Waals surface area contributed by atoms with Crippen LogP contribution in [0, 0.1) is 11.8 Å². The number of nitrogens with one attached hydrogen (secondary N) is 1. The minimum Gasteiger partial charge on any atom is -0.508 e. The molecule has 1 aliphatic carbocycles. The number of ether oxygens (including phenoxy) is 1. The lowest BCUT2D eigenvalue weighted by Gasteiger charge is -2.22. The van der Waals surface area contributed by atoms with Crippen LogP contribution < -0.4 is 10.1 Å². The summed E-state index contributed by atoms with van der Waals surface area (Å²) in [7, 11) is 1.50. The Morgan fingerprint density at radius 2 is 1.81 bits per heavy atom. The Kier molecular flexibility index (Phi) is 5.79. The molecule has 1 saturated heterocycles. The van der Waals surface area contributed by atoms with Gasteiger partial charge in [-0.05, 0) is 60.4 Å². The van der Waals surface area contributed by atoms with Crippen molar-refractivity contribution < 1.29 is 27.8 Å². The molecule has 170 valence electrons. The number of benzene rings is 2. The Labute approximate surface area is 184 Å². The van der Waals surface area contributed by atoms with Crippen molar-refractivity contribution in [1.82, 2.24) is 4.90 Å². The van der Waals surface area contributed by atoms with E-state index in [0.717, 1.165) is 6.07 Å². The molecule has 2 N–H and O–H groups in total. The van der Waals surface area contributed by atoms with Crippen LogP contribution in [0.1, 0.15) is 35.4 Å². The summed E-state index contributed by atoms with van der Waals surface area (Å²) in [5.74, 6) is 0.502. The normalized spacial score (nSPS) is 22.5. The molecule has 5 nitrogen and oxygen atoms in total. The third-order valence-corrected chi connectivity index (χ3v) is 6.52. The first-order valence-electron chi connectivity index (χ1n) is 10.5. The van der Waals surface area contributed by atoms with Gasteiger partial charge in [-0.2, -0.15) is 13.2 Å². The predicted octanol–water partition coefficient (Wildman–Crippen LogP) is 5.90. The number of likely N-dealkylation sites (tertiary alicyclic amines) is 1. The van der Waals surface area contributed by atoms with E-state index >= 15 is 0 Å². The molecule has 1 aliphatic heterocycles. The van der Waals surface area contributed by atoms with Crippen molar-refractivity contribution in [2.24, 2.45) is 11.8 Å². The van der Waals surface area contributed by atoms with Crippen molar-refractivity contribution in [3.8, 4) is 5.75 Å². The number of hydrogen-bond acceptors (Lipinski definition) is 3. The quantitative estimate of drug-likeness (QED) is 0.575. The van der Waals surface area contributed by atoms with Crippen LogP contribution in [0.25, 0.3) is 5.76 Å². The second-order valence-electron chi connectivity index (χ2n) is 8.47. The molecule has 4 rings (SSSR count). The van der Waals surface area contributed by atoms with Crippen LogP contribution >= 0.6 is 0 Å². The average Bonchev–Trinajstić information content (AvgIpc) is 3.32. The van der Waals surface area contributed by atoms with Gasteiger partial charge >= 0.3 is 12.2 Å². The number of anilines is 1. The highest BCUT2D eigenvalue weighted by molar-refractivity contribution is 5.92. The van der Waals surface area contributed by atoms with Crippen LogP contribution in [0.3, 0.4) is 0 Å². The van der Waals surface area contributed by atoms with E-state index in [0.29, 0.717) is 48.5 Å². The Bertz CT molecular complexity index is 1020. The molecule has 32 heavy (non-hydrogen) atoms. The van der Waals surface area contributed by atoms with Crippen LogP contribution in [0.4, 0.5) is 23.7 Å². The second kappa shape index (κ2) is 8.41. The average molecular weight is 446 g/mol. The number of urea groups is 1. The van der Waals surface area contributed by atoms with Crippen molar-refractivity contribution in [2.75, 3.05) is 25.5 Å². The molecular formula is C24H25F3N2O3. The maximum absolute atomic E-state index is 13.4. The number of alkyl halides is 3. The lowest BCUT2D eigenvalue weighted by Crippen LogP contribution is -2.34. The fraction of sp³-hybridized carbons (Fsp3) is 0.375. The van der Waals surface area contributed by atoms with Crippen LogP contribution in [0.5, 0.6) is 5.75 Å². The summed E-state index contributed by atoms with van der Waals surface area (Å²) >= 11 is 0. The third-order valence-electron chi connectivity index (χ3n) is 6.52. The number of methoxy groups -OCH3 is 1. The van der Waals surface area contributed by atoms with E-state index in [9.17, 15) is 23.1 Å². The molecular weight excluding hydrogens is 421 g/mol. The Balaban J connectivity index is 1.43. The van der Waals surface area contributed by atoms with Gasteiger partial charge in [-0.1, -0.05) is 24.8 Å². The van der Waals surface area contributed by atoms with Gasteiger partial charge < -0.3 is 20.1 Å². The number of halogens is 3. The number of amides is 2. The van der Waals surface area contributed by atoms with Gasteiger partial charge in [0.1, 0.15) is 11.5 Å². The number of aliphatic hydroxyl groups excluding tert-OH is 1. The zero-order valence-electron chi connectivity index (χ0n) is 17.7. The van der Waals surface area contributed by atoms with Gasteiger partial charge in [-0.25, -0.2) is 4.79 Å². The highest BCUT2D eigenvalue weighted by Gasteiger charge is 2.45. The molecule has 1 heterocycles. The van der Waals surface area contributed by atoms with Crippen molar-refractivity contribution >= 4 is 17.5 Å². The number of carbonyl (C=O) groups is 1. The molecule has 2 aromatic carbocycles. The first-order valence-corrected chi connectivity index (χ1v) is 10.5. The van der Waals surface area contributed by atoms with E-state index in [2.05, 4.69) is 11.9 Å². The largest absolute Gasteiger partial charge is 0.508 e. The molecule has 1 saturated carbocycles. The smallest absolute Gasteiger partial charge is 0.416 e. The molecule has 0 aromatic heterocycles. The number of hydrogen-bond donors (Lipinski definition) is 2. The van der Waals surface area contributed by atoms with Gasteiger partial charge in [0.15, 0.2) is 0 Å². The highest BCUT2D eigenvalue weighted by Crippen LogP contribution is 2.49. The van der Waals surface area contributed by atoms with E-state index in [-0.39, 0.29) is 29.5 Å². The van der Waals surface area contributed by atoms with E-state index in [1.807, 2.05) is 0 Å². The molecule has 2 amide bonds. The van der Waals surface area contributed by atoms with Gasteiger partial charge in [-0.15, -0.1) is 0 Å². The molecule has 0 bridgehead atoms. The molecule has 2 aromatic rings. The third kappa shape index (κ3) is 4.26. The summed E-state index contributed by atoms with van der Waals surface area (Å²) in [5, 5.41) is 12.7. The van der Waals surface area contributed by atoms with E-state index < -0.39 is 11.7 Å². The van der Waals surface area contributed by atoms with E-state index in [1.54, 1.807) is 35.2 Å². The van der Waals surface area contributed by atoms with Crippen LogP contribution in [-0.2, 0) is 6.18 Å². The minimum atomic E-state index is -4.37. The molecule has 0 spiro atoms. The maximum Gasteiger partial charge on any atom is 0.416 e.